The number of carbonyl (C=O) groups is 1. The molecule has 1 heterocycles. The molecule has 2 aromatic rings. The molecule has 1 aromatic carbocycles. The lowest BCUT2D eigenvalue weighted by molar-refractivity contribution is -0.142. The number of para-hydroxylation sites is 1. The summed E-state index contributed by atoms with van der Waals surface area (Å²) >= 11 is 0. The molecule has 0 aliphatic heterocycles. The van der Waals surface area contributed by atoms with E-state index in [1.54, 1.807) is 0 Å². The molecule has 2 rings (SSSR count). The Balaban J connectivity index is 2.23. The van der Waals surface area contributed by atoms with Gasteiger partial charge in [0, 0.05) is 22.6 Å². The summed E-state index contributed by atoms with van der Waals surface area (Å²) in [6.07, 6.45) is 1.53. The number of oxime groups is 1. The summed E-state index contributed by atoms with van der Waals surface area (Å²) < 4.78 is 2.11. The molecule has 1 N–H and O–H groups in total. The molecule has 0 saturated carbocycles. The van der Waals surface area contributed by atoms with Crippen LogP contribution in [0, 0.1) is 13.8 Å². The van der Waals surface area contributed by atoms with Crippen LogP contribution in [-0.4, -0.2) is 28.5 Å². The Morgan fingerprint density at radius 3 is 2.70 bits per heavy atom. The summed E-state index contributed by atoms with van der Waals surface area (Å²) in [5.41, 5.74) is 4.08. The molecule has 5 nitrogen and oxygen atoms in total. The van der Waals surface area contributed by atoms with Crippen LogP contribution in [0.5, 0.6) is 0 Å². The highest BCUT2D eigenvalue weighted by Crippen LogP contribution is 2.19. The van der Waals surface area contributed by atoms with E-state index in [2.05, 4.69) is 14.6 Å². The third-order valence-electron chi connectivity index (χ3n) is 2.94. The Hall–Kier alpha value is -2.56. The number of aliphatic carboxylic acids is 1. The van der Waals surface area contributed by atoms with Crippen LogP contribution in [0.4, 0.5) is 0 Å². The number of carboxylic acid groups (broad SMARTS) is 1. The van der Waals surface area contributed by atoms with Crippen molar-refractivity contribution in [3.05, 3.63) is 53.3 Å². The van der Waals surface area contributed by atoms with Crippen molar-refractivity contribution < 1.29 is 14.7 Å². The Morgan fingerprint density at radius 1 is 1.35 bits per heavy atom. The molecular weight excluding hydrogens is 256 g/mol. The minimum absolute atomic E-state index is 0.437. The van der Waals surface area contributed by atoms with Crippen LogP contribution < -0.4 is 0 Å². The van der Waals surface area contributed by atoms with E-state index in [4.69, 9.17) is 5.11 Å². The fraction of sp³-hybridized carbons (Fsp3) is 0.200. The molecule has 5 heteroatoms. The van der Waals surface area contributed by atoms with Crippen LogP contribution in [-0.2, 0) is 9.63 Å². The average molecular weight is 272 g/mol. The fourth-order valence-corrected chi connectivity index (χ4v) is 2.08. The van der Waals surface area contributed by atoms with Crippen molar-refractivity contribution in [3.63, 3.8) is 0 Å². The van der Waals surface area contributed by atoms with E-state index in [9.17, 15) is 4.79 Å². The summed E-state index contributed by atoms with van der Waals surface area (Å²) in [5, 5.41) is 12.1. The number of carboxylic acids is 1. The van der Waals surface area contributed by atoms with E-state index in [-0.39, 0.29) is 0 Å². The number of hydrogen-bond donors (Lipinski definition) is 1. The van der Waals surface area contributed by atoms with Gasteiger partial charge >= 0.3 is 5.97 Å². The molecule has 0 aliphatic carbocycles. The lowest BCUT2D eigenvalue weighted by Gasteiger charge is -2.08. The highest BCUT2D eigenvalue weighted by Gasteiger charge is 2.08. The third kappa shape index (κ3) is 3.06. The quantitative estimate of drug-likeness (QED) is 0.672. The Kier molecular flexibility index (Phi) is 4.20. The van der Waals surface area contributed by atoms with Gasteiger partial charge in [-0.25, -0.2) is 4.79 Å². The van der Waals surface area contributed by atoms with Crippen LogP contribution >= 0.6 is 0 Å². The lowest BCUT2D eigenvalue weighted by Crippen LogP contribution is -2.03. The summed E-state index contributed by atoms with van der Waals surface area (Å²) in [7, 11) is 0. The minimum atomic E-state index is -1.04. The molecule has 104 valence electrons. The molecule has 0 spiro atoms. The first-order valence-electron chi connectivity index (χ1n) is 6.21. The van der Waals surface area contributed by atoms with Crippen LogP contribution in [0.15, 0.2) is 41.6 Å². The predicted molar refractivity (Wildman–Crippen MR) is 76.4 cm³/mol. The van der Waals surface area contributed by atoms with Gasteiger partial charge in [-0.3, -0.25) is 0 Å². The van der Waals surface area contributed by atoms with Crippen LogP contribution in [0.2, 0.25) is 0 Å². The summed E-state index contributed by atoms with van der Waals surface area (Å²) in [6.45, 7) is 3.56. The number of nitrogens with zero attached hydrogens (tertiary/aromatic N) is 2. The van der Waals surface area contributed by atoms with Gasteiger partial charge < -0.3 is 14.5 Å². The smallest absolute Gasteiger partial charge is 0.344 e. The Labute approximate surface area is 117 Å². The number of aromatic nitrogens is 1. The van der Waals surface area contributed by atoms with E-state index in [1.807, 2.05) is 50.2 Å². The molecule has 0 amide bonds. The van der Waals surface area contributed by atoms with E-state index in [0.29, 0.717) is 0 Å². The molecule has 20 heavy (non-hydrogen) atoms. The van der Waals surface area contributed by atoms with Crippen molar-refractivity contribution in [1.29, 1.82) is 0 Å². The lowest BCUT2D eigenvalue weighted by atomic mass is 10.2. The van der Waals surface area contributed by atoms with Crippen molar-refractivity contribution in [1.82, 2.24) is 4.57 Å². The maximum absolute atomic E-state index is 10.3. The van der Waals surface area contributed by atoms with Gasteiger partial charge in [0.1, 0.15) is 0 Å². The minimum Gasteiger partial charge on any atom is -0.479 e. The zero-order valence-electron chi connectivity index (χ0n) is 11.4. The second kappa shape index (κ2) is 6.06. The van der Waals surface area contributed by atoms with Crippen molar-refractivity contribution in [2.75, 3.05) is 6.61 Å². The summed E-state index contributed by atoms with van der Waals surface area (Å²) in [4.78, 5) is 15.0. The van der Waals surface area contributed by atoms with E-state index in [0.717, 1.165) is 22.6 Å². The SMILES string of the molecule is Cc1cc(/C=N/OCC(=O)O)c(C)n1-c1ccccc1. The standard InChI is InChI=1S/C15H16N2O3/c1-11-8-13(9-16-20-10-15(18)19)12(2)17(11)14-6-4-3-5-7-14/h3-9H,10H2,1-2H3,(H,18,19)/b16-9+. The molecule has 0 radical (unpaired) electrons. The monoisotopic (exact) mass is 272 g/mol. The highest BCUT2D eigenvalue weighted by molar-refractivity contribution is 5.81. The molecule has 0 bridgehead atoms. The first-order chi connectivity index (χ1) is 9.59. The largest absolute Gasteiger partial charge is 0.479 e. The maximum Gasteiger partial charge on any atom is 0.344 e. The van der Waals surface area contributed by atoms with Crippen LogP contribution in [0.1, 0.15) is 17.0 Å². The topological polar surface area (TPSA) is 63.8 Å². The molecule has 0 fully saturated rings. The second-order valence-electron chi connectivity index (χ2n) is 4.40. The zero-order valence-corrected chi connectivity index (χ0v) is 11.4. The molecule has 0 aliphatic rings. The van der Waals surface area contributed by atoms with Gasteiger partial charge in [0.2, 0.25) is 6.61 Å². The van der Waals surface area contributed by atoms with Crippen molar-refractivity contribution in [3.8, 4) is 5.69 Å². The van der Waals surface area contributed by atoms with Crippen molar-refractivity contribution >= 4 is 12.2 Å². The molecule has 1 aromatic heterocycles. The van der Waals surface area contributed by atoms with Gasteiger partial charge in [0.25, 0.3) is 0 Å². The van der Waals surface area contributed by atoms with Crippen LogP contribution in [0.3, 0.4) is 0 Å². The zero-order chi connectivity index (χ0) is 14.5. The summed E-state index contributed by atoms with van der Waals surface area (Å²) in [6, 6.07) is 12.0. The Morgan fingerprint density at radius 2 is 2.05 bits per heavy atom. The Bertz CT molecular complexity index is 630. The normalized spacial score (nSPS) is 10.9. The fourth-order valence-electron chi connectivity index (χ4n) is 2.08. The first kappa shape index (κ1) is 13.9. The average Bonchev–Trinajstić information content (AvgIpc) is 2.70. The van der Waals surface area contributed by atoms with Gasteiger partial charge in [0.05, 0.1) is 6.21 Å². The molecular formula is C15H16N2O3. The number of rotatable bonds is 5. The van der Waals surface area contributed by atoms with Gasteiger partial charge in [-0.1, -0.05) is 23.4 Å². The third-order valence-corrected chi connectivity index (χ3v) is 2.94. The second-order valence-corrected chi connectivity index (χ2v) is 4.40. The van der Waals surface area contributed by atoms with E-state index < -0.39 is 12.6 Å². The number of hydrogen-bond acceptors (Lipinski definition) is 3. The number of aryl methyl sites for hydroxylation is 1. The highest BCUT2D eigenvalue weighted by atomic mass is 16.6. The van der Waals surface area contributed by atoms with Gasteiger partial charge in [-0.05, 0) is 32.0 Å². The van der Waals surface area contributed by atoms with Gasteiger partial charge in [-0.15, -0.1) is 0 Å². The van der Waals surface area contributed by atoms with E-state index >= 15 is 0 Å². The van der Waals surface area contributed by atoms with E-state index in [1.165, 1.54) is 6.21 Å². The summed E-state index contributed by atoms with van der Waals surface area (Å²) in [5.74, 6) is -1.04. The number of benzene rings is 1. The first-order valence-corrected chi connectivity index (χ1v) is 6.21. The molecule has 0 atom stereocenters. The van der Waals surface area contributed by atoms with Crippen LogP contribution in [0.25, 0.3) is 5.69 Å². The van der Waals surface area contributed by atoms with Gasteiger partial charge in [-0.2, -0.15) is 0 Å². The van der Waals surface area contributed by atoms with Crippen molar-refractivity contribution in [2.45, 2.75) is 13.8 Å². The maximum atomic E-state index is 10.3. The predicted octanol–water partition coefficient (Wildman–Crippen LogP) is 2.53. The van der Waals surface area contributed by atoms with Gasteiger partial charge in [0.15, 0.2) is 0 Å². The molecule has 0 saturated heterocycles. The van der Waals surface area contributed by atoms with Crippen molar-refractivity contribution in [2.24, 2.45) is 5.16 Å². The molecule has 0 unspecified atom stereocenters.